The number of nitrogens with one attached hydrogen (secondary N) is 1. The summed E-state index contributed by atoms with van der Waals surface area (Å²) < 4.78 is 10.2. The van der Waals surface area contributed by atoms with E-state index in [1.165, 1.54) is 7.11 Å². The Morgan fingerprint density at radius 2 is 1.90 bits per heavy atom. The zero-order valence-corrected chi connectivity index (χ0v) is 10.8. The molecule has 1 N–H and O–H groups in total. The van der Waals surface area contributed by atoms with Crippen molar-refractivity contribution in [3.05, 3.63) is 54.1 Å². The zero-order valence-electron chi connectivity index (χ0n) is 10.8. The average molecular weight is 268 g/mol. The van der Waals surface area contributed by atoms with Crippen molar-refractivity contribution in [3.8, 4) is 17.6 Å². The van der Waals surface area contributed by atoms with Crippen molar-refractivity contribution >= 4 is 11.8 Å². The molecule has 0 aliphatic carbocycles. The summed E-state index contributed by atoms with van der Waals surface area (Å²) in [7, 11) is 1.46. The van der Waals surface area contributed by atoms with Gasteiger partial charge in [0, 0.05) is 0 Å². The summed E-state index contributed by atoms with van der Waals surface area (Å²) in [4.78, 5) is 11.8. The molecule has 100 valence electrons. The highest BCUT2D eigenvalue weighted by molar-refractivity contribution is 5.90. The van der Waals surface area contributed by atoms with E-state index in [4.69, 9.17) is 14.7 Å². The summed E-state index contributed by atoms with van der Waals surface area (Å²) in [6.45, 7) is 0. The van der Waals surface area contributed by atoms with Gasteiger partial charge in [0.1, 0.15) is 23.3 Å². The molecule has 2 rings (SSSR count). The van der Waals surface area contributed by atoms with Gasteiger partial charge in [0.25, 0.3) is 0 Å². The van der Waals surface area contributed by atoms with Gasteiger partial charge in [-0.25, -0.2) is 4.79 Å². The van der Waals surface area contributed by atoms with E-state index in [9.17, 15) is 4.79 Å². The fourth-order valence-electron chi connectivity index (χ4n) is 1.65. The van der Waals surface area contributed by atoms with Crippen LogP contribution in [-0.2, 0) is 0 Å². The molecule has 1 amide bonds. The summed E-state index contributed by atoms with van der Waals surface area (Å²) in [6.07, 6.45) is -0.683. The van der Waals surface area contributed by atoms with Crippen LogP contribution in [0.2, 0.25) is 0 Å². The minimum absolute atomic E-state index is 0.290. The van der Waals surface area contributed by atoms with Gasteiger partial charge in [-0.1, -0.05) is 24.3 Å². The van der Waals surface area contributed by atoms with Crippen LogP contribution in [0.25, 0.3) is 0 Å². The number of ether oxygens (including phenoxy) is 2. The molecule has 5 nitrogen and oxygen atoms in total. The molecule has 20 heavy (non-hydrogen) atoms. The third-order valence-corrected chi connectivity index (χ3v) is 2.55. The first-order valence-electron chi connectivity index (χ1n) is 5.85. The summed E-state index contributed by atoms with van der Waals surface area (Å²) in [6, 6.07) is 15.5. The molecule has 5 heteroatoms. The average Bonchev–Trinajstić information content (AvgIpc) is 2.48. The number of rotatable bonds is 3. The van der Waals surface area contributed by atoms with Crippen molar-refractivity contribution in [2.24, 2.45) is 0 Å². The number of nitrogens with zero attached hydrogens (tertiary/aromatic N) is 1. The predicted molar refractivity (Wildman–Crippen MR) is 73.8 cm³/mol. The van der Waals surface area contributed by atoms with Crippen LogP contribution in [0.4, 0.5) is 10.5 Å². The highest BCUT2D eigenvalue weighted by Gasteiger charge is 2.13. The molecule has 0 unspecified atom stereocenters. The lowest BCUT2D eigenvalue weighted by molar-refractivity contribution is 0.215. The Morgan fingerprint density at radius 3 is 2.55 bits per heavy atom. The van der Waals surface area contributed by atoms with E-state index in [1.807, 2.05) is 12.1 Å². The molecule has 0 aliphatic heterocycles. The Kier molecular flexibility index (Phi) is 4.20. The Labute approximate surface area is 116 Å². The summed E-state index contributed by atoms with van der Waals surface area (Å²) in [5, 5.41) is 11.6. The lowest BCUT2D eigenvalue weighted by Gasteiger charge is -2.11. The van der Waals surface area contributed by atoms with Gasteiger partial charge in [-0.3, -0.25) is 5.32 Å². The molecule has 0 spiro atoms. The van der Waals surface area contributed by atoms with Crippen LogP contribution in [0.3, 0.4) is 0 Å². The number of anilines is 1. The minimum Gasteiger partial charge on any atom is -0.495 e. The zero-order chi connectivity index (χ0) is 14.4. The van der Waals surface area contributed by atoms with Crippen molar-refractivity contribution in [2.75, 3.05) is 12.4 Å². The fraction of sp³-hybridized carbons (Fsp3) is 0.0667. The largest absolute Gasteiger partial charge is 0.495 e. The molecule has 0 heterocycles. The van der Waals surface area contributed by atoms with Crippen molar-refractivity contribution in [3.63, 3.8) is 0 Å². The first kappa shape index (κ1) is 13.4. The molecule has 0 atom stereocenters. The van der Waals surface area contributed by atoms with E-state index >= 15 is 0 Å². The lowest BCUT2D eigenvalue weighted by Crippen LogP contribution is -2.18. The van der Waals surface area contributed by atoms with E-state index in [0.717, 1.165) is 0 Å². The van der Waals surface area contributed by atoms with Gasteiger partial charge in [0.15, 0.2) is 0 Å². The van der Waals surface area contributed by atoms with Gasteiger partial charge in [-0.2, -0.15) is 5.26 Å². The first-order chi connectivity index (χ1) is 9.74. The van der Waals surface area contributed by atoms with Crippen molar-refractivity contribution < 1.29 is 14.3 Å². The third-order valence-electron chi connectivity index (χ3n) is 2.55. The number of carbonyl (C=O) groups excluding carboxylic acids is 1. The standard InChI is InChI=1S/C15H12N2O3/c1-19-13-9-5-6-11(10-16)14(13)17-15(18)20-12-7-3-2-4-8-12/h2-9H,1H3,(H,17,18). The van der Waals surface area contributed by atoms with Gasteiger partial charge in [0.05, 0.1) is 12.7 Å². The molecule has 2 aromatic carbocycles. The van der Waals surface area contributed by atoms with Gasteiger partial charge < -0.3 is 9.47 Å². The van der Waals surface area contributed by atoms with Crippen LogP contribution in [0.5, 0.6) is 11.5 Å². The van der Waals surface area contributed by atoms with E-state index in [0.29, 0.717) is 22.7 Å². The van der Waals surface area contributed by atoms with Gasteiger partial charge in [-0.15, -0.1) is 0 Å². The molecule has 0 aliphatic rings. The van der Waals surface area contributed by atoms with E-state index < -0.39 is 6.09 Å². The second-order valence-corrected chi connectivity index (χ2v) is 3.82. The van der Waals surface area contributed by atoms with Crippen molar-refractivity contribution in [1.29, 1.82) is 5.26 Å². The maximum absolute atomic E-state index is 11.8. The topological polar surface area (TPSA) is 71.3 Å². The van der Waals surface area contributed by atoms with E-state index in [2.05, 4.69) is 5.32 Å². The SMILES string of the molecule is COc1cccc(C#N)c1NC(=O)Oc1ccccc1. The van der Waals surface area contributed by atoms with Crippen LogP contribution in [0.1, 0.15) is 5.56 Å². The molecule has 0 radical (unpaired) electrons. The summed E-state index contributed by atoms with van der Waals surface area (Å²) in [5.41, 5.74) is 0.591. The van der Waals surface area contributed by atoms with Crippen LogP contribution < -0.4 is 14.8 Å². The number of nitriles is 1. The fourth-order valence-corrected chi connectivity index (χ4v) is 1.65. The number of hydrogen-bond acceptors (Lipinski definition) is 4. The third kappa shape index (κ3) is 3.06. The summed E-state index contributed by atoms with van der Waals surface area (Å²) >= 11 is 0. The van der Waals surface area contributed by atoms with Crippen molar-refractivity contribution in [1.82, 2.24) is 0 Å². The molecule has 0 bridgehead atoms. The van der Waals surface area contributed by atoms with Crippen LogP contribution in [0.15, 0.2) is 48.5 Å². The number of hydrogen-bond donors (Lipinski definition) is 1. The number of benzene rings is 2. The summed E-state index contributed by atoms with van der Waals surface area (Å²) in [5.74, 6) is 0.812. The lowest BCUT2D eigenvalue weighted by atomic mass is 10.2. The van der Waals surface area contributed by atoms with Crippen LogP contribution in [0, 0.1) is 11.3 Å². The van der Waals surface area contributed by atoms with E-state index in [1.54, 1.807) is 42.5 Å². The monoisotopic (exact) mass is 268 g/mol. The molecular weight excluding hydrogens is 256 g/mol. The molecule has 0 saturated heterocycles. The molecular formula is C15H12N2O3. The molecule has 0 saturated carbocycles. The van der Waals surface area contributed by atoms with E-state index in [-0.39, 0.29) is 0 Å². The quantitative estimate of drug-likeness (QED) is 0.928. The van der Waals surface area contributed by atoms with Gasteiger partial charge >= 0.3 is 6.09 Å². The Morgan fingerprint density at radius 1 is 1.15 bits per heavy atom. The first-order valence-corrected chi connectivity index (χ1v) is 5.85. The Hall–Kier alpha value is -3.00. The van der Waals surface area contributed by atoms with Crippen molar-refractivity contribution in [2.45, 2.75) is 0 Å². The smallest absolute Gasteiger partial charge is 0.417 e. The molecule has 0 fully saturated rings. The Bertz CT molecular complexity index is 648. The maximum atomic E-state index is 11.8. The van der Waals surface area contributed by atoms with Gasteiger partial charge in [-0.05, 0) is 24.3 Å². The highest BCUT2D eigenvalue weighted by Crippen LogP contribution is 2.28. The second-order valence-electron chi connectivity index (χ2n) is 3.82. The number of para-hydroxylation sites is 2. The van der Waals surface area contributed by atoms with Crippen LogP contribution in [-0.4, -0.2) is 13.2 Å². The van der Waals surface area contributed by atoms with Gasteiger partial charge in [0.2, 0.25) is 0 Å². The second kappa shape index (κ2) is 6.25. The maximum Gasteiger partial charge on any atom is 0.417 e. The predicted octanol–water partition coefficient (Wildman–Crippen LogP) is 3.18. The highest BCUT2D eigenvalue weighted by atomic mass is 16.6. The number of amides is 1. The molecule has 0 aromatic heterocycles. The number of methoxy groups -OCH3 is 1. The minimum atomic E-state index is -0.683. The Balaban J connectivity index is 2.18. The number of carbonyl (C=O) groups is 1. The molecule has 2 aromatic rings. The van der Waals surface area contributed by atoms with Crippen LogP contribution >= 0.6 is 0 Å². The normalized spacial score (nSPS) is 9.40.